The molecule has 0 aliphatic carbocycles. The number of halogens is 1. The Kier molecular flexibility index (Phi) is 7.92. The minimum Gasteiger partial charge on any atom is -0.394 e. The van der Waals surface area contributed by atoms with Crippen molar-refractivity contribution in [1.82, 2.24) is 0 Å². The third-order valence-electron chi connectivity index (χ3n) is 2.05. The highest BCUT2D eigenvalue weighted by Crippen LogP contribution is 2.04. The van der Waals surface area contributed by atoms with Crippen LogP contribution in [0.3, 0.4) is 0 Å². The van der Waals surface area contributed by atoms with Gasteiger partial charge in [0.25, 0.3) is 0 Å². The second-order valence-corrected chi connectivity index (χ2v) is 3.25. The maximum absolute atomic E-state index is 8.95. The molecule has 90 valence electrons. The van der Waals surface area contributed by atoms with Crippen molar-refractivity contribution in [2.75, 3.05) is 11.9 Å². The van der Waals surface area contributed by atoms with Gasteiger partial charge in [-0.05, 0) is 18.6 Å². The van der Waals surface area contributed by atoms with Gasteiger partial charge in [-0.2, -0.15) is 0 Å². The Morgan fingerprint density at radius 2 is 2.06 bits per heavy atom. The van der Waals surface area contributed by atoms with E-state index in [1.807, 2.05) is 37.3 Å². The maximum Gasteiger partial charge on any atom is 0.193 e. The summed E-state index contributed by atoms with van der Waals surface area (Å²) in [5, 5.41) is 11.9. The van der Waals surface area contributed by atoms with Crippen LogP contribution >= 0.6 is 24.0 Å². The van der Waals surface area contributed by atoms with Gasteiger partial charge in [-0.15, -0.1) is 24.0 Å². The molecule has 0 spiro atoms. The summed E-state index contributed by atoms with van der Waals surface area (Å²) in [7, 11) is 0. The van der Waals surface area contributed by atoms with E-state index in [0.717, 1.165) is 12.1 Å². The summed E-state index contributed by atoms with van der Waals surface area (Å²) in [4.78, 5) is 4.14. The quantitative estimate of drug-likeness (QED) is 0.446. The molecule has 0 saturated carbocycles. The summed E-state index contributed by atoms with van der Waals surface area (Å²) in [5.41, 5.74) is 6.58. The number of para-hydroxylation sites is 1. The van der Waals surface area contributed by atoms with Crippen LogP contribution in [-0.2, 0) is 0 Å². The van der Waals surface area contributed by atoms with E-state index < -0.39 is 0 Å². The number of aliphatic imine (C=N–C) groups is 1. The zero-order valence-corrected chi connectivity index (χ0v) is 11.6. The lowest BCUT2D eigenvalue weighted by molar-refractivity contribution is 0.264. The lowest BCUT2D eigenvalue weighted by Gasteiger charge is -2.09. The minimum absolute atomic E-state index is 0. The molecule has 1 rings (SSSR count). The molecule has 1 aromatic rings. The van der Waals surface area contributed by atoms with Gasteiger partial charge in [0.2, 0.25) is 0 Å². The molecule has 0 amide bonds. The number of nitrogens with zero attached hydrogens (tertiary/aromatic N) is 1. The van der Waals surface area contributed by atoms with Gasteiger partial charge in [0.15, 0.2) is 5.96 Å². The normalized spacial score (nSPS) is 12.8. The van der Waals surface area contributed by atoms with Crippen molar-refractivity contribution in [3.63, 3.8) is 0 Å². The Morgan fingerprint density at radius 3 is 2.56 bits per heavy atom. The molecule has 0 radical (unpaired) electrons. The predicted molar refractivity (Wildman–Crippen MR) is 78.3 cm³/mol. The molecule has 1 aromatic carbocycles. The number of anilines is 1. The smallest absolute Gasteiger partial charge is 0.193 e. The molecule has 16 heavy (non-hydrogen) atoms. The van der Waals surface area contributed by atoms with E-state index in [0.29, 0.717) is 5.96 Å². The molecule has 0 fully saturated rings. The van der Waals surface area contributed by atoms with E-state index >= 15 is 0 Å². The summed E-state index contributed by atoms with van der Waals surface area (Å²) in [6.07, 6.45) is 0.771. The van der Waals surface area contributed by atoms with Gasteiger partial charge in [0.1, 0.15) is 0 Å². The fraction of sp³-hybridized carbons (Fsp3) is 0.364. The number of hydrogen-bond donors (Lipinski definition) is 3. The van der Waals surface area contributed by atoms with Crippen LogP contribution in [0.1, 0.15) is 13.3 Å². The largest absolute Gasteiger partial charge is 0.394 e. The van der Waals surface area contributed by atoms with Crippen molar-refractivity contribution in [3.05, 3.63) is 30.3 Å². The maximum atomic E-state index is 8.95. The number of rotatable bonds is 4. The second-order valence-electron chi connectivity index (χ2n) is 3.25. The molecule has 4 nitrogen and oxygen atoms in total. The van der Waals surface area contributed by atoms with E-state index in [2.05, 4.69) is 10.3 Å². The molecule has 0 aromatic heterocycles. The number of aliphatic hydroxyl groups is 1. The zero-order chi connectivity index (χ0) is 11.1. The van der Waals surface area contributed by atoms with Gasteiger partial charge in [-0.25, -0.2) is 4.99 Å². The van der Waals surface area contributed by atoms with Gasteiger partial charge in [-0.3, -0.25) is 0 Å². The summed E-state index contributed by atoms with van der Waals surface area (Å²) in [6, 6.07) is 9.45. The van der Waals surface area contributed by atoms with Crippen LogP contribution in [0.15, 0.2) is 35.3 Å². The first-order valence-corrected chi connectivity index (χ1v) is 5.02. The third kappa shape index (κ3) is 5.32. The van der Waals surface area contributed by atoms with E-state index in [1.54, 1.807) is 0 Å². The number of hydrogen-bond acceptors (Lipinski definition) is 2. The molecule has 0 saturated heterocycles. The van der Waals surface area contributed by atoms with Crippen LogP contribution in [0.5, 0.6) is 0 Å². The zero-order valence-electron chi connectivity index (χ0n) is 9.26. The van der Waals surface area contributed by atoms with Crippen molar-refractivity contribution in [2.24, 2.45) is 10.7 Å². The highest BCUT2D eigenvalue weighted by molar-refractivity contribution is 14.0. The summed E-state index contributed by atoms with van der Waals surface area (Å²) < 4.78 is 0. The SMILES string of the molecule is CC[C@H](CO)N=C(N)Nc1ccccc1.I. The Bertz CT molecular complexity index is 312. The monoisotopic (exact) mass is 335 g/mol. The van der Waals surface area contributed by atoms with E-state index in [4.69, 9.17) is 10.8 Å². The van der Waals surface area contributed by atoms with E-state index in [1.165, 1.54) is 0 Å². The molecule has 0 unspecified atom stereocenters. The average Bonchev–Trinajstić information content (AvgIpc) is 2.27. The first-order valence-electron chi connectivity index (χ1n) is 5.02. The third-order valence-corrected chi connectivity index (χ3v) is 2.05. The van der Waals surface area contributed by atoms with Crippen molar-refractivity contribution < 1.29 is 5.11 Å². The molecule has 4 N–H and O–H groups in total. The minimum atomic E-state index is -0.124. The Morgan fingerprint density at radius 1 is 1.44 bits per heavy atom. The number of nitrogens with two attached hydrogens (primary N) is 1. The molecule has 5 heteroatoms. The first kappa shape index (κ1) is 15.2. The molecular weight excluding hydrogens is 317 g/mol. The molecule has 1 atom stereocenters. The van der Waals surface area contributed by atoms with Crippen LogP contribution in [-0.4, -0.2) is 23.7 Å². The van der Waals surface area contributed by atoms with Crippen molar-refractivity contribution >= 4 is 35.6 Å². The van der Waals surface area contributed by atoms with Gasteiger partial charge in [-0.1, -0.05) is 25.1 Å². The summed E-state index contributed by atoms with van der Waals surface area (Å²) >= 11 is 0. The van der Waals surface area contributed by atoms with Crippen molar-refractivity contribution in [3.8, 4) is 0 Å². The van der Waals surface area contributed by atoms with Gasteiger partial charge in [0.05, 0.1) is 12.6 Å². The number of guanidine groups is 1. The predicted octanol–water partition coefficient (Wildman–Crippen LogP) is 1.80. The molecule has 0 heterocycles. The summed E-state index contributed by atoms with van der Waals surface area (Å²) in [5.74, 6) is 0.335. The fourth-order valence-electron chi connectivity index (χ4n) is 1.16. The Labute approximate surface area is 113 Å². The lowest BCUT2D eigenvalue weighted by Crippen LogP contribution is -2.26. The highest BCUT2D eigenvalue weighted by Gasteiger charge is 2.02. The van der Waals surface area contributed by atoms with Crippen molar-refractivity contribution in [2.45, 2.75) is 19.4 Å². The highest BCUT2D eigenvalue weighted by atomic mass is 127. The number of benzene rings is 1. The summed E-state index contributed by atoms with van der Waals surface area (Å²) in [6.45, 7) is 1.98. The molecule has 0 aliphatic heterocycles. The first-order chi connectivity index (χ1) is 7.26. The van der Waals surface area contributed by atoms with Crippen LogP contribution in [0.25, 0.3) is 0 Å². The topological polar surface area (TPSA) is 70.6 Å². The molecular formula is C11H18IN3O. The fourth-order valence-corrected chi connectivity index (χ4v) is 1.16. The Balaban J connectivity index is 0.00000225. The van der Waals surface area contributed by atoms with Gasteiger partial charge in [0, 0.05) is 5.69 Å². The van der Waals surface area contributed by atoms with Gasteiger partial charge >= 0.3 is 0 Å². The van der Waals surface area contributed by atoms with Crippen molar-refractivity contribution in [1.29, 1.82) is 0 Å². The van der Waals surface area contributed by atoms with Gasteiger partial charge < -0.3 is 16.2 Å². The standard InChI is InChI=1S/C11H17N3O.HI/c1-2-9(8-15)13-11(12)14-10-6-4-3-5-7-10;/h3-7,9,15H,2,8H2,1H3,(H3,12,13,14);1H/t9-;/m1./s1. The molecule has 0 aliphatic rings. The number of aliphatic hydroxyl groups excluding tert-OH is 1. The van der Waals surface area contributed by atoms with Crippen LogP contribution in [0.2, 0.25) is 0 Å². The van der Waals surface area contributed by atoms with E-state index in [-0.39, 0.29) is 36.6 Å². The Hall–Kier alpha value is -0.820. The lowest BCUT2D eigenvalue weighted by atomic mass is 10.2. The average molecular weight is 335 g/mol. The van der Waals surface area contributed by atoms with E-state index in [9.17, 15) is 0 Å². The van der Waals surface area contributed by atoms with Crippen LogP contribution < -0.4 is 11.1 Å². The van der Waals surface area contributed by atoms with Crippen LogP contribution in [0.4, 0.5) is 5.69 Å². The second kappa shape index (κ2) is 8.35. The molecule has 0 bridgehead atoms. The van der Waals surface area contributed by atoms with Crippen LogP contribution in [0, 0.1) is 0 Å². The number of nitrogens with one attached hydrogen (secondary N) is 1.